The smallest absolute Gasteiger partial charge is 0.339 e. The van der Waals surface area contributed by atoms with Gasteiger partial charge in [0.25, 0.3) is 5.56 Å². The zero-order valence-electron chi connectivity index (χ0n) is 17.1. The molecule has 2 aromatic heterocycles. The summed E-state index contributed by atoms with van der Waals surface area (Å²) in [5.74, 6) is -0.161. The van der Waals surface area contributed by atoms with Gasteiger partial charge in [-0.2, -0.15) is 0 Å². The van der Waals surface area contributed by atoms with Crippen LogP contribution in [0.15, 0.2) is 29.1 Å². The van der Waals surface area contributed by atoms with Crippen molar-refractivity contribution in [3.8, 4) is 0 Å². The lowest BCUT2D eigenvalue weighted by molar-refractivity contribution is 0.0599. The van der Waals surface area contributed by atoms with Gasteiger partial charge in [-0.05, 0) is 45.5 Å². The minimum absolute atomic E-state index is 0.161. The van der Waals surface area contributed by atoms with E-state index >= 15 is 0 Å². The average molecular weight is 396 g/mol. The highest BCUT2D eigenvalue weighted by Crippen LogP contribution is 2.21. The van der Waals surface area contributed by atoms with E-state index in [0.29, 0.717) is 39.2 Å². The molecule has 0 saturated carbocycles. The van der Waals surface area contributed by atoms with E-state index < -0.39 is 12.0 Å². The van der Waals surface area contributed by atoms with Crippen LogP contribution in [0.5, 0.6) is 0 Å². The van der Waals surface area contributed by atoms with E-state index in [-0.39, 0.29) is 17.9 Å². The van der Waals surface area contributed by atoms with Gasteiger partial charge >= 0.3 is 5.97 Å². The second-order valence-electron chi connectivity index (χ2n) is 7.10. The first-order valence-electron chi connectivity index (χ1n) is 9.24. The molecule has 8 heteroatoms. The number of fused-ring (bicyclic) bond motifs is 1. The normalized spacial score (nSPS) is 12.3. The Morgan fingerprint density at radius 3 is 2.59 bits per heavy atom. The summed E-state index contributed by atoms with van der Waals surface area (Å²) in [7, 11) is 3.09. The zero-order chi connectivity index (χ0) is 21.3. The van der Waals surface area contributed by atoms with Gasteiger partial charge in [0.05, 0.1) is 41.9 Å². The lowest BCUT2D eigenvalue weighted by Crippen LogP contribution is -2.37. The Bertz CT molecular complexity index is 1150. The molecule has 0 saturated heterocycles. The van der Waals surface area contributed by atoms with Gasteiger partial charge in [0.1, 0.15) is 5.82 Å². The number of carbonyl (C=O) groups is 2. The molecule has 152 valence electrons. The third kappa shape index (κ3) is 3.84. The van der Waals surface area contributed by atoms with Gasteiger partial charge in [0.2, 0.25) is 0 Å². The highest BCUT2D eigenvalue weighted by atomic mass is 16.5. The number of methoxy groups -OCH3 is 1. The number of Topliss-reactive ketones (excluding diaryl/α,β-unsaturated/α-hetero) is 1. The minimum atomic E-state index is -0.506. The number of carbonyl (C=O) groups excluding carboxylic acids is 2. The lowest BCUT2D eigenvalue weighted by atomic mass is 10.0. The first kappa shape index (κ1) is 20.5. The van der Waals surface area contributed by atoms with Crippen molar-refractivity contribution < 1.29 is 14.3 Å². The van der Waals surface area contributed by atoms with Crippen molar-refractivity contribution in [2.24, 2.45) is 0 Å². The number of aromatic nitrogens is 3. The summed E-state index contributed by atoms with van der Waals surface area (Å²) in [5.41, 5.74) is 2.31. The summed E-state index contributed by atoms with van der Waals surface area (Å²) >= 11 is 0. The molecule has 2 N–H and O–H groups in total. The van der Waals surface area contributed by atoms with Crippen molar-refractivity contribution in [1.82, 2.24) is 19.9 Å². The van der Waals surface area contributed by atoms with Gasteiger partial charge in [-0.3, -0.25) is 14.5 Å². The molecule has 3 rings (SSSR count). The Hall–Kier alpha value is -3.26. The highest BCUT2D eigenvalue weighted by molar-refractivity contribution is 6.03. The molecule has 8 nitrogen and oxygen atoms in total. The van der Waals surface area contributed by atoms with E-state index in [1.165, 1.54) is 7.11 Å². The highest BCUT2D eigenvalue weighted by Gasteiger charge is 2.27. The molecule has 0 radical (unpaired) electrons. The Morgan fingerprint density at radius 2 is 1.90 bits per heavy atom. The van der Waals surface area contributed by atoms with E-state index in [0.717, 1.165) is 0 Å². The number of benzene rings is 1. The predicted octanol–water partition coefficient (Wildman–Crippen LogP) is 2.36. The number of nitrogens with zero attached hydrogens (tertiary/aromatic N) is 2. The van der Waals surface area contributed by atoms with Crippen molar-refractivity contribution in [1.29, 1.82) is 0 Å². The van der Waals surface area contributed by atoms with Crippen molar-refractivity contribution in [2.75, 3.05) is 14.2 Å². The summed E-state index contributed by atoms with van der Waals surface area (Å²) in [4.78, 5) is 49.3. The van der Waals surface area contributed by atoms with Crippen LogP contribution in [0, 0.1) is 13.8 Å². The summed E-state index contributed by atoms with van der Waals surface area (Å²) in [6.07, 6.45) is 0. The second kappa shape index (κ2) is 8.00. The molecule has 1 unspecified atom stereocenters. The minimum Gasteiger partial charge on any atom is -0.465 e. The van der Waals surface area contributed by atoms with Gasteiger partial charge < -0.3 is 14.7 Å². The van der Waals surface area contributed by atoms with Gasteiger partial charge in [-0.15, -0.1) is 0 Å². The summed E-state index contributed by atoms with van der Waals surface area (Å²) in [6, 6.07) is 6.60. The Balaban J connectivity index is 1.84. The molecule has 1 aromatic carbocycles. The van der Waals surface area contributed by atoms with Crippen LogP contribution in [0.2, 0.25) is 0 Å². The van der Waals surface area contributed by atoms with E-state index in [1.54, 1.807) is 50.9 Å². The molecule has 0 bridgehead atoms. The molecular weight excluding hydrogens is 372 g/mol. The maximum absolute atomic E-state index is 13.0. The fraction of sp³-hybridized carbons (Fsp3) is 0.333. The van der Waals surface area contributed by atoms with Crippen LogP contribution in [-0.2, 0) is 11.3 Å². The first-order valence-corrected chi connectivity index (χ1v) is 9.24. The van der Waals surface area contributed by atoms with Gasteiger partial charge in [0.15, 0.2) is 5.78 Å². The summed E-state index contributed by atoms with van der Waals surface area (Å²) in [6.45, 7) is 5.51. The molecule has 2 heterocycles. The van der Waals surface area contributed by atoms with Gasteiger partial charge in [-0.25, -0.2) is 9.78 Å². The number of ether oxygens (including phenoxy) is 1. The molecule has 1 atom stereocenters. The van der Waals surface area contributed by atoms with E-state index in [9.17, 15) is 14.4 Å². The van der Waals surface area contributed by atoms with E-state index in [1.807, 2.05) is 6.07 Å². The molecule has 0 amide bonds. The van der Waals surface area contributed by atoms with Crippen LogP contribution >= 0.6 is 0 Å². The van der Waals surface area contributed by atoms with Crippen LogP contribution in [0.25, 0.3) is 10.9 Å². The number of likely N-dealkylation sites (N-methyl/N-ethyl adjacent to an activating group) is 1. The van der Waals surface area contributed by atoms with Crippen LogP contribution in [0.1, 0.15) is 44.9 Å². The third-order valence-corrected chi connectivity index (χ3v) is 5.18. The molecule has 29 heavy (non-hydrogen) atoms. The Labute approximate surface area is 167 Å². The lowest BCUT2D eigenvalue weighted by Gasteiger charge is -2.23. The number of esters is 1. The second-order valence-corrected chi connectivity index (χ2v) is 7.10. The van der Waals surface area contributed by atoms with Crippen molar-refractivity contribution in [2.45, 2.75) is 33.4 Å². The summed E-state index contributed by atoms with van der Waals surface area (Å²) < 4.78 is 4.80. The number of aryl methyl sites for hydroxylation is 1. The standard InChI is InChI=1S/C21H24N4O4/c1-11-17(21(28)29-5)12(2)22-18(11)19(26)13(3)25(4)10-16-23-15-9-7-6-8-14(15)20(27)24-16/h6-9,13,22H,10H2,1-5H3,(H,23,24,27). The van der Waals surface area contributed by atoms with Crippen LogP contribution in [-0.4, -0.2) is 51.8 Å². The number of H-pyrrole nitrogens is 2. The number of para-hydroxylation sites is 1. The number of rotatable bonds is 6. The van der Waals surface area contributed by atoms with Crippen molar-refractivity contribution >= 4 is 22.7 Å². The maximum Gasteiger partial charge on any atom is 0.339 e. The topological polar surface area (TPSA) is 108 Å². The fourth-order valence-corrected chi connectivity index (χ4v) is 3.40. The Morgan fingerprint density at radius 1 is 1.21 bits per heavy atom. The molecule has 0 fully saturated rings. The zero-order valence-corrected chi connectivity index (χ0v) is 17.1. The molecular formula is C21H24N4O4. The molecule has 3 aromatic rings. The number of aromatic amines is 2. The number of hydrogen-bond donors (Lipinski definition) is 2. The van der Waals surface area contributed by atoms with Crippen molar-refractivity contribution in [3.05, 3.63) is 63.0 Å². The number of nitrogens with one attached hydrogen (secondary N) is 2. The van der Waals surface area contributed by atoms with E-state index in [2.05, 4.69) is 15.0 Å². The van der Waals surface area contributed by atoms with Gasteiger partial charge in [-0.1, -0.05) is 12.1 Å². The van der Waals surface area contributed by atoms with Crippen LogP contribution in [0.3, 0.4) is 0 Å². The van der Waals surface area contributed by atoms with Gasteiger partial charge in [0, 0.05) is 5.69 Å². The SMILES string of the molecule is COC(=O)c1c(C)[nH]c(C(=O)C(C)N(C)Cc2nc3ccccc3c(=O)[nH]2)c1C. The van der Waals surface area contributed by atoms with Crippen molar-refractivity contribution in [3.63, 3.8) is 0 Å². The summed E-state index contributed by atoms with van der Waals surface area (Å²) in [5, 5.41) is 0.524. The monoisotopic (exact) mass is 396 g/mol. The third-order valence-electron chi connectivity index (χ3n) is 5.18. The fourth-order valence-electron chi connectivity index (χ4n) is 3.40. The average Bonchev–Trinajstić information content (AvgIpc) is 3.00. The maximum atomic E-state index is 13.0. The van der Waals surface area contributed by atoms with Crippen LogP contribution < -0.4 is 5.56 Å². The molecule has 0 spiro atoms. The van der Waals surface area contributed by atoms with Crippen LogP contribution in [0.4, 0.5) is 0 Å². The molecule has 0 aliphatic rings. The largest absolute Gasteiger partial charge is 0.465 e. The number of hydrogen-bond acceptors (Lipinski definition) is 6. The number of ketones is 1. The first-order chi connectivity index (χ1) is 13.7. The Kier molecular flexibility index (Phi) is 5.65. The quantitative estimate of drug-likeness (QED) is 0.489. The predicted molar refractivity (Wildman–Crippen MR) is 109 cm³/mol. The van der Waals surface area contributed by atoms with E-state index in [4.69, 9.17) is 4.74 Å². The molecule has 0 aliphatic carbocycles. The molecule has 0 aliphatic heterocycles.